The predicted octanol–water partition coefficient (Wildman–Crippen LogP) is 4.82. The number of aromatic nitrogens is 4. The molecule has 8 nitrogen and oxygen atoms in total. The van der Waals surface area contributed by atoms with Crippen LogP contribution in [-0.4, -0.2) is 56.6 Å². The third-order valence-electron chi connectivity index (χ3n) is 6.37. The van der Waals surface area contributed by atoms with Crippen molar-refractivity contribution in [2.75, 3.05) is 31.6 Å². The van der Waals surface area contributed by atoms with E-state index in [0.29, 0.717) is 49.8 Å². The van der Waals surface area contributed by atoms with Crippen LogP contribution >= 0.6 is 11.3 Å². The Morgan fingerprint density at radius 1 is 1.03 bits per heavy atom. The van der Waals surface area contributed by atoms with Crippen LogP contribution in [0.2, 0.25) is 0 Å². The SMILES string of the molecule is O=C1CCCN1CCn1cnc2c(NCCOc3ccccc3)nc(-c3csc4ccccc34)nc21. The van der Waals surface area contributed by atoms with Gasteiger partial charge in [0.2, 0.25) is 5.91 Å². The van der Waals surface area contributed by atoms with E-state index in [2.05, 4.69) is 27.8 Å². The van der Waals surface area contributed by atoms with Gasteiger partial charge in [0.05, 0.1) is 12.9 Å². The van der Waals surface area contributed by atoms with Gasteiger partial charge >= 0.3 is 0 Å². The molecule has 5 aromatic rings. The Bertz CT molecular complexity index is 1510. The average Bonchev–Trinajstić information content (AvgIpc) is 3.64. The van der Waals surface area contributed by atoms with Crippen LogP contribution in [0.4, 0.5) is 5.82 Å². The minimum Gasteiger partial charge on any atom is -0.492 e. The Morgan fingerprint density at radius 2 is 1.89 bits per heavy atom. The number of carbonyl (C=O) groups excluding carboxylic acids is 1. The summed E-state index contributed by atoms with van der Waals surface area (Å²) in [4.78, 5) is 28.5. The molecule has 1 saturated heterocycles. The predicted molar refractivity (Wildman–Crippen MR) is 142 cm³/mol. The first-order chi connectivity index (χ1) is 17.8. The van der Waals surface area contributed by atoms with E-state index in [4.69, 9.17) is 14.7 Å². The van der Waals surface area contributed by atoms with Crippen molar-refractivity contribution in [3.05, 3.63) is 66.3 Å². The molecule has 0 spiro atoms. The number of nitrogens with one attached hydrogen (secondary N) is 1. The fourth-order valence-corrected chi connectivity index (χ4v) is 5.47. The fraction of sp³-hybridized carbons (Fsp3) is 0.259. The van der Waals surface area contributed by atoms with Crippen molar-refractivity contribution in [3.63, 3.8) is 0 Å². The first-order valence-electron chi connectivity index (χ1n) is 12.2. The van der Waals surface area contributed by atoms with Gasteiger partial charge < -0.3 is 19.5 Å². The number of imidazole rings is 1. The number of amides is 1. The summed E-state index contributed by atoms with van der Waals surface area (Å²) in [6, 6.07) is 18.0. The van der Waals surface area contributed by atoms with E-state index >= 15 is 0 Å². The van der Waals surface area contributed by atoms with Gasteiger partial charge in [-0.15, -0.1) is 11.3 Å². The standard InChI is InChI=1S/C27H26N6O2S/c34-23-11-6-13-32(23)14-15-33-18-29-24-26(28-12-16-35-19-7-2-1-3-8-19)30-25(31-27(24)33)21-17-36-22-10-5-4-9-20(21)22/h1-5,7-10,17-18H,6,11-16H2,(H,28,30,31). The molecule has 4 heterocycles. The van der Waals surface area contributed by atoms with Crippen molar-refractivity contribution in [3.8, 4) is 17.1 Å². The van der Waals surface area contributed by atoms with Crippen LogP contribution in [0.15, 0.2) is 66.3 Å². The zero-order valence-electron chi connectivity index (χ0n) is 19.8. The number of rotatable bonds is 9. The van der Waals surface area contributed by atoms with Gasteiger partial charge in [0.25, 0.3) is 0 Å². The van der Waals surface area contributed by atoms with Crippen molar-refractivity contribution < 1.29 is 9.53 Å². The molecule has 0 bridgehead atoms. The molecule has 2 aromatic carbocycles. The maximum Gasteiger partial charge on any atom is 0.222 e. The van der Waals surface area contributed by atoms with Crippen molar-refractivity contribution >= 4 is 44.3 Å². The highest BCUT2D eigenvalue weighted by Gasteiger charge is 2.21. The molecule has 0 atom stereocenters. The molecular weight excluding hydrogens is 472 g/mol. The number of ether oxygens (including phenoxy) is 1. The average molecular weight is 499 g/mol. The lowest BCUT2D eigenvalue weighted by molar-refractivity contribution is -0.127. The second kappa shape index (κ2) is 9.94. The number of likely N-dealkylation sites (tertiary alicyclic amines) is 1. The smallest absolute Gasteiger partial charge is 0.222 e. The Labute approximate surface area is 212 Å². The number of thiophene rings is 1. The molecule has 1 amide bonds. The second-order valence-electron chi connectivity index (χ2n) is 8.72. The van der Waals surface area contributed by atoms with Crippen LogP contribution in [0.1, 0.15) is 12.8 Å². The normalized spacial score (nSPS) is 13.7. The summed E-state index contributed by atoms with van der Waals surface area (Å²) < 4.78 is 9.06. The van der Waals surface area contributed by atoms with Gasteiger partial charge in [0, 0.05) is 47.1 Å². The lowest BCUT2D eigenvalue weighted by Gasteiger charge is -2.16. The van der Waals surface area contributed by atoms with E-state index in [0.717, 1.165) is 35.3 Å². The molecule has 1 aliphatic rings. The van der Waals surface area contributed by atoms with Gasteiger partial charge in [-0.1, -0.05) is 36.4 Å². The summed E-state index contributed by atoms with van der Waals surface area (Å²) in [7, 11) is 0. The molecule has 1 aliphatic heterocycles. The van der Waals surface area contributed by atoms with Crippen LogP contribution in [0.3, 0.4) is 0 Å². The molecule has 3 aromatic heterocycles. The Balaban J connectivity index is 1.30. The number of hydrogen-bond acceptors (Lipinski definition) is 7. The Morgan fingerprint density at radius 3 is 2.75 bits per heavy atom. The highest BCUT2D eigenvalue weighted by atomic mass is 32.1. The summed E-state index contributed by atoms with van der Waals surface area (Å²) >= 11 is 1.69. The molecule has 0 radical (unpaired) electrons. The number of nitrogens with zero attached hydrogens (tertiary/aromatic N) is 5. The molecule has 9 heteroatoms. The first kappa shape index (κ1) is 22.5. The molecule has 0 aliphatic carbocycles. The highest BCUT2D eigenvalue weighted by Crippen LogP contribution is 2.34. The number of benzene rings is 2. The maximum absolute atomic E-state index is 12.1. The molecule has 182 valence electrons. The Hall–Kier alpha value is -3.98. The molecular formula is C27H26N6O2S. The van der Waals surface area contributed by atoms with Gasteiger partial charge in [-0.3, -0.25) is 4.79 Å². The summed E-state index contributed by atoms with van der Waals surface area (Å²) in [6.45, 7) is 3.17. The fourth-order valence-electron chi connectivity index (χ4n) is 4.53. The van der Waals surface area contributed by atoms with E-state index in [1.807, 2.05) is 51.9 Å². The van der Waals surface area contributed by atoms with Crippen molar-refractivity contribution in [2.24, 2.45) is 0 Å². The van der Waals surface area contributed by atoms with Crippen LogP contribution in [0.25, 0.3) is 32.6 Å². The van der Waals surface area contributed by atoms with Crippen molar-refractivity contribution in [1.82, 2.24) is 24.4 Å². The lowest BCUT2D eigenvalue weighted by atomic mass is 10.1. The van der Waals surface area contributed by atoms with E-state index in [-0.39, 0.29) is 5.91 Å². The maximum atomic E-state index is 12.1. The monoisotopic (exact) mass is 498 g/mol. The van der Waals surface area contributed by atoms with E-state index in [1.54, 1.807) is 17.7 Å². The molecule has 6 rings (SSSR count). The number of anilines is 1. The largest absolute Gasteiger partial charge is 0.492 e. The summed E-state index contributed by atoms with van der Waals surface area (Å²) in [5, 5.41) is 6.65. The minimum absolute atomic E-state index is 0.222. The first-order valence-corrected chi connectivity index (χ1v) is 13.0. The van der Waals surface area contributed by atoms with Gasteiger partial charge in [-0.2, -0.15) is 0 Å². The summed E-state index contributed by atoms with van der Waals surface area (Å²) in [5.74, 6) is 2.39. The van der Waals surface area contributed by atoms with Crippen LogP contribution in [-0.2, 0) is 11.3 Å². The number of carbonyl (C=O) groups is 1. The molecule has 0 saturated carbocycles. The van der Waals surface area contributed by atoms with Gasteiger partial charge in [0.15, 0.2) is 17.3 Å². The Kier molecular flexibility index (Phi) is 6.21. The van der Waals surface area contributed by atoms with Gasteiger partial charge in [-0.25, -0.2) is 15.0 Å². The zero-order chi connectivity index (χ0) is 24.3. The van der Waals surface area contributed by atoms with E-state index in [1.165, 1.54) is 4.70 Å². The van der Waals surface area contributed by atoms with Crippen LogP contribution in [0, 0.1) is 0 Å². The van der Waals surface area contributed by atoms with Crippen molar-refractivity contribution in [1.29, 1.82) is 0 Å². The molecule has 0 unspecified atom stereocenters. The van der Waals surface area contributed by atoms with Crippen molar-refractivity contribution in [2.45, 2.75) is 19.4 Å². The number of para-hydroxylation sites is 1. The minimum atomic E-state index is 0.222. The van der Waals surface area contributed by atoms with Crippen LogP contribution in [0.5, 0.6) is 5.75 Å². The molecule has 1 N–H and O–H groups in total. The summed E-state index contributed by atoms with van der Waals surface area (Å²) in [5.41, 5.74) is 2.47. The van der Waals surface area contributed by atoms with E-state index in [9.17, 15) is 4.79 Å². The quantitative estimate of drug-likeness (QED) is 0.293. The third kappa shape index (κ3) is 4.49. The third-order valence-corrected chi connectivity index (χ3v) is 7.34. The van der Waals surface area contributed by atoms with E-state index < -0.39 is 0 Å². The number of fused-ring (bicyclic) bond motifs is 2. The van der Waals surface area contributed by atoms with Crippen LogP contribution < -0.4 is 10.1 Å². The molecule has 1 fully saturated rings. The topological polar surface area (TPSA) is 85.2 Å². The number of hydrogen-bond donors (Lipinski definition) is 1. The van der Waals surface area contributed by atoms with Gasteiger partial charge in [0.1, 0.15) is 17.9 Å². The summed E-state index contributed by atoms with van der Waals surface area (Å²) in [6.07, 6.45) is 3.36. The second-order valence-corrected chi connectivity index (χ2v) is 9.64. The molecule has 36 heavy (non-hydrogen) atoms. The highest BCUT2D eigenvalue weighted by molar-refractivity contribution is 7.17. The van der Waals surface area contributed by atoms with Gasteiger partial charge in [-0.05, 0) is 24.6 Å². The zero-order valence-corrected chi connectivity index (χ0v) is 20.6. The lowest BCUT2D eigenvalue weighted by Crippen LogP contribution is -2.28.